The minimum Gasteiger partial charge on any atom is -0.462 e. The lowest BCUT2D eigenvalue weighted by atomic mass is 9.92. The molecule has 1 aliphatic rings. The lowest BCUT2D eigenvalue weighted by Crippen LogP contribution is -2.21. The summed E-state index contributed by atoms with van der Waals surface area (Å²) in [6.07, 6.45) is -0.0975. The van der Waals surface area contributed by atoms with Crippen molar-refractivity contribution in [1.82, 2.24) is 0 Å². The fourth-order valence-corrected chi connectivity index (χ4v) is 1.81. The Balaban J connectivity index is 2.19. The summed E-state index contributed by atoms with van der Waals surface area (Å²) in [7, 11) is 0. The Kier molecular flexibility index (Phi) is 2.54. The van der Waals surface area contributed by atoms with Crippen LogP contribution in [-0.4, -0.2) is 17.9 Å². The van der Waals surface area contributed by atoms with Gasteiger partial charge in [-0.15, -0.1) is 0 Å². The molecule has 0 bridgehead atoms. The van der Waals surface area contributed by atoms with Gasteiger partial charge in [0.15, 0.2) is 5.78 Å². The molecule has 1 fully saturated rings. The molecule has 78 valence electrons. The van der Waals surface area contributed by atoms with Crippen molar-refractivity contribution in [2.24, 2.45) is 5.92 Å². The molecule has 15 heavy (non-hydrogen) atoms. The van der Waals surface area contributed by atoms with Crippen LogP contribution in [-0.2, 0) is 9.53 Å². The molecule has 0 aromatic heterocycles. The number of ether oxygens (including phenoxy) is 1. The van der Waals surface area contributed by atoms with Gasteiger partial charge in [0, 0.05) is 5.56 Å². The predicted molar refractivity (Wildman–Crippen MR) is 54.4 cm³/mol. The van der Waals surface area contributed by atoms with Gasteiger partial charge in [-0.1, -0.05) is 30.3 Å². The molecule has 1 saturated heterocycles. The Bertz CT molecular complexity index is 383. The molecule has 1 aliphatic heterocycles. The molecule has 1 aromatic rings. The van der Waals surface area contributed by atoms with E-state index in [2.05, 4.69) is 0 Å². The molecule has 0 saturated carbocycles. The van der Waals surface area contributed by atoms with Crippen molar-refractivity contribution < 1.29 is 14.3 Å². The molecule has 1 heterocycles. The van der Waals surface area contributed by atoms with Crippen molar-refractivity contribution in [2.75, 3.05) is 0 Å². The third-order valence-corrected chi connectivity index (χ3v) is 2.67. The van der Waals surface area contributed by atoms with Crippen LogP contribution in [0.15, 0.2) is 30.3 Å². The van der Waals surface area contributed by atoms with E-state index in [-0.39, 0.29) is 30.2 Å². The average Bonchev–Trinajstić information content (AvgIpc) is 2.58. The number of ketones is 1. The normalized spacial score (nSPS) is 25.0. The number of hydrogen-bond acceptors (Lipinski definition) is 3. The Hall–Kier alpha value is -1.64. The second-order valence-electron chi connectivity index (χ2n) is 3.74. The third-order valence-electron chi connectivity index (χ3n) is 2.67. The first-order valence-electron chi connectivity index (χ1n) is 4.97. The highest BCUT2D eigenvalue weighted by Crippen LogP contribution is 2.25. The maximum absolute atomic E-state index is 12.0. The van der Waals surface area contributed by atoms with Crippen molar-refractivity contribution >= 4 is 11.8 Å². The first-order chi connectivity index (χ1) is 7.18. The van der Waals surface area contributed by atoms with E-state index >= 15 is 0 Å². The highest BCUT2D eigenvalue weighted by Gasteiger charge is 2.36. The van der Waals surface area contributed by atoms with Gasteiger partial charge in [-0.05, 0) is 6.92 Å². The lowest BCUT2D eigenvalue weighted by molar-refractivity contribution is -0.140. The quantitative estimate of drug-likeness (QED) is 0.545. The van der Waals surface area contributed by atoms with Crippen molar-refractivity contribution in [3.05, 3.63) is 35.9 Å². The smallest absolute Gasteiger partial charge is 0.306 e. The molecule has 3 nitrogen and oxygen atoms in total. The van der Waals surface area contributed by atoms with Gasteiger partial charge < -0.3 is 4.74 Å². The van der Waals surface area contributed by atoms with Crippen LogP contribution in [0.3, 0.4) is 0 Å². The number of benzene rings is 1. The number of Topliss-reactive ketones (excluding diaryl/α,β-unsaturated/α-hetero) is 1. The number of rotatable bonds is 2. The van der Waals surface area contributed by atoms with E-state index in [0.717, 1.165) is 0 Å². The minimum atomic E-state index is -0.320. The summed E-state index contributed by atoms with van der Waals surface area (Å²) in [5.41, 5.74) is 0.646. The van der Waals surface area contributed by atoms with Gasteiger partial charge in [-0.2, -0.15) is 0 Å². The second-order valence-corrected chi connectivity index (χ2v) is 3.74. The minimum absolute atomic E-state index is 0.00560. The molecule has 0 unspecified atom stereocenters. The van der Waals surface area contributed by atoms with Crippen LogP contribution < -0.4 is 0 Å². The summed E-state index contributed by atoms with van der Waals surface area (Å²) in [5.74, 6) is -0.606. The van der Waals surface area contributed by atoms with Gasteiger partial charge in [-0.25, -0.2) is 0 Å². The molecule has 0 radical (unpaired) electrons. The standard InChI is InChI=1S/C12H12O3/c1-8-10(7-11(13)15-8)12(14)9-5-3-2-4-6-9/h2-6,8,10H,7H2,1H3/t8-,10-/m0/s1. The highest BCUT2D eigenvalue weighted by molar-refractivity contribution is 6.00. The van der Waals surface area contributed by atoms with Crippen molar-refractivity contribution in [3.63, 3.8) is 0 Å². The van der Waals surface area contributed by atoms with Crippen molar-refractivity contribution in [3.8, 4) is 0 Å². The Morgan fingerprint density at radius 3 is 2.53 bits per heavy atom. The summed E-state index contributed by atoms with van der Waals surface area (Å²) in [6, 6.07) is 9.01. The maximum Gasteiger partial charge on any atom is 0.306 e. The van der Waals surface area contributed by atoms with Crippen LogP contribution in [0.1, 0.15) is 23.7 Å². The summed E-state index contributed by atoms with van der Waals surface area (Å²) in [4.78, 5) is 23.0. The van der Waals surface area contributed by atoms with Gasteiger partial charge in [-0.3, -0.25) is 9.59 Å². The van der Waals surface area contributed by atoms with Gasteiger partial charge in [0.25, 0.3) is 0 Å². The Morgan fingerprint density at radius 1 is 1.33 bits per heavy atom. The summed E-state index contributed by atoms with van der Waals surface area (Å²) >= 11 is 0. The number of carbonyl (C=O) groups excluding carboxylic acids is 2. The molecule has 1 aromatic carbocycles. The number of hydrogen-bond donors (Lipinski definition) is 0. The van der Waals surface area contributed by atoms with Crippen molar-refractivity contribution in [1.29, 1.82) is 0 Å². The first kappa shape index (κ1) is 9.90. The lowest BCUT2D eigenvalue weighted by Gasteiger charge is -2.11. The largest absolute Gasteiger partial charge is 0.462 e. The Labute approximate surface area is 88.1 Å². The predicted octanol–water partition coefficient (Wildman–Crippen LogP) is 1.82. The zero-order chi connectivity index (χ0) is 10.8. The van der Waals surface area contributed by atoms with E-state index < -0.39 is 0 Å². The van der Waals surface area contributed by atoms with E-state index in [0.29, 0.717) is 5.56 Å². The average molecular weight is 204 g/mol. The molecular weight excluding hydrogens is 192 g/mol. The van der Waals surface area contributed by atoms with Gasteiger partial charge in [0.1, 0.15) is 6.10 Å². The molecule has 0 amide bonds. The van der Waals surface area contributed by atoms with Crippen LogP contribution >= 0.6 is 0 Å². The molecule has 2 rings (SSSR count). The molecule has 2 atom stereocenters. The monoisotopic (exact) mass is 204 g/mol. The highest BCUT2D eigenvalue weighted by atomic mass is 16.5. The van der Waals surface area contributed by atoms with Crippen LogP contribution in [0.25, 0.3) is 0 Å². The van der Waals surface area contributed by atoms with Gasteiger partial charge >= 0.3 is 5.97 Å². The SMILES string of the molecule is C[C@@H]1OC(=O)C[C@@H]1C(=O)c1ccccc1. The van der Waals surface area contributed by atoms with Gasteiger partial charge in [0.2, 0.25) is 0 Å². The topological polar surface area (TPSA) is 43.4 Å². The van der Waals surface area contributed by atoms with E-state index in [1.807, 2.05) is 18.2 Å². The first-order valence-corrected chi connectivity index (χ1v) is 4.97. The summed E-state index contributed by atoms with van der Waals surface area (Å²) in [6.45, 7) is 1.76. The summed E-state index contributed by atoms with van der Waals surface area (Å²) in [5, 5.41) is 0. The van der Waals surface area contributed by atoms with Crippen LogP contribution in [0.2, 0.25) is 0 Å². The van der Waals surface area contributed by atoms with Crippen LogP contribution in [0.4, 0.5) is 0 Å². The van der Waals surface area contributed by atoms with Crippen molar-refractivity contribution in [2.45, 2.75) is 19.4 Å². The van der Waals surface area contributed by atoms with E-state index in [1.165, 1.54) is 0 Å². The molecule has 0 spiro atoms. The number of esters is 1. The number of cyclic esters (lactones) is 1. The summed E-state index contributed by atoms with van der Waals surface area (Å²) < 4.78 is 4.96. The second kappa shape index (κ2) is 3.85. The zero-order valence-corrected chi connectivity index (χ0v) is 8.47. The molecule has 0 N–H and O–H groups in total. The maximum atomic E-state index is 12.0. The molecular formula is C12H12O3. The number of carbonyl (C=O) groups is 2. The van der Waals surface area contributed by atoms with Crippen LogP contribution in [0.5, 0.6) is 0 Å². The van der Waals surface area contributed by atoms with Gasteiger partial charge in [0.05, 0.1) is 12.3 Å². The Morgan fingerprint density at radius 2 is 2.00 bits per heavy atom. The van der Waals surface area contributed by atoms with E-state index in [4.69, 9.17) is 4.74 Å². The fraction of sp³-hybridized carbons (Fsp3) is 0.333. The zero-order valence-electron chi connectivity index (χ0n) is 8.47. The molecule has 0 aliphatic carbocycles. The van der Waals surface area contributed by atoms with E-state index in [1.54, 1.807) is 19.1 Å². The van der Waals surface area contributed by atoms with E-state index in [9.17, 15) is 9.59 Å². The third kappa shape index (κ3) is 1.91. The van der Waals surface area contributed by atoms with Crippen LogP contribution in [0, 0.1) is 5.92 Å². The molecule has 3 heteroatoms. The fourth-order valence-electron chi connectivity index (χ4n) is 1.81.